The standard InChI is InChI=1S/C30H27F7N6O5S2/c31-27(32)29(33,34)47-19-2-1-3-21(11-10-19)50(45,46)43-13-12-42(28-41-25-23(49-28)15-38-24(40-25)18-6-7-18)16-22(43)26(44)39-14-17-4-8-20(9-5-17)48-30(35,36)37/h1-2,4-5,8-11,15,18,22,27H,3,6-7,12-14,16H2,(H,39,44)/t22-/m1/s1. The van der Waals surface area contributed by atoms with Crippen LogP contribution < -0.4 is 15.0 Å². The molecule has 1 saturated heterocycles. The van der Waals surface area contributed by atoms with Crippen LogP contribution in [-0.4, -0.2) is 78.2 Å². The topological polar surface area (TPSA) is 127 Å². The summed E-state index contributed by atoms with van der Waals surface area (Å²) in [6.45, 7) is -0.458. The number of anilines is 1. The van der Waals surface area contributed by atoms with E-state index in [4.69, 9.17) is 0 Å². The minimum absolute atomic E-state index is 0.0976. The number of ether oxygens (including phenoxy) is 2. The number of amides is 1. The molecular formula is C30H27F7N6O5S2. The van der Waals surface area contributed by atoms with E-state index in [9.17, 15) is 43.9 Å². The third-order valence-electron chi connectivity index (χ3n) is 7.81. The number of halogens is 7. The maximum absolute atomic E-state index is 14.0. The third kappa shape index (κ3) is 8.18. The Kier molecular flexibility index (Phi) is 9.79. The highest BCUT2D eigenvalue weighted by Crippen LogP contribution is 2.39. The van der Waals surface area contributed by atoms with E-state index in [1.807, 2.05) is 0 Å². The van der Waals surface area contributed by atoms with Gasteiger partial charge in [0.2, 0.25) is 15.9 Å². The van der Waals surface area contributed by atoms with Gasteiger partial charge in [-0.1, -0.05) is 29.5 Å². The van der Waals surface area contributed by atoms with E-state index >= 15 is 0 Å². The molecule has 3 heterocycles. The van der Waals surface area contributed by atoms with Gasteiger partial charge in [-0.15, -0.1) is 13.2 Å². The largest absolute Gasteiger partial charge is 0.573 e. The molecule has 1 aliphatic heterocycles. The van der Waals surface area contributed by atoms with Gasteiger partial charge in [0, 0.05) is 38.5 Å². The second kappa shape index (κ2) is 13.8. The second-order valence-electron chi connectivity index (χ2n) is 11.4. The van der Waals surface area contributed by atoms with Gasteiger partial charge in [0.25, 0.3) is 0 Å². The van der Waals surface area contributed by atoms with Crippen LogP contribution in [-0.2, 0) is 26.1 Å². The number of nitrogens with zero attached hydrogens (tertiary/aromatic N) is 5. The Morgan fingerprint density at radius 1 is 1.04 bits per heavy atom. The number of aromatic nitrogens is 3. The summed E-state index contributed by atoms with van der Waals surface area (Å²) < 4.78 is 128. The van der Waals surface area contributed by atoms with Crippen molar-refractivity contribution in [3.05, 3.63) is 76.8 Å². The first-order valence-electron chi connectivity index (χ1n) is 15.0. The van der Waals surface area contributed by atoms with E-state index in [1.165, 1.54) is 23.5 Å². The Morgan fingerprint density at radius 3 is 2.46 bits per heavy atom. The van der Waals surface area contributed by atoms with Gasteiger partial charge in [0.05, 0.1) is 15.8 Å². The van der Waals surface area contributed by atoms with E-state index in [2.05, 4.69) is 29.7 Å². The van der Waals surface area contributed by atoms with Crippen LogP contribution in [0.5, 0.6) is 5.75 Å². The number of carbonyl (C=O) groups is 1. The summed E-state index contributed by atoms with van der Waals surface area (Å²) in [6.07, 6.45) is -6.66. The normalized spacial score (nSPS) is 19.3. The minimum Gasteiger partial charge on any atom is -0.428 e. The number of hydrogen-bond donors (Lipinski definition) is 1. The zero-order valence-corrected chi connectivity index (χ0v) is 27.3. The van der Waals surface area contributed by atoms with Crippen molar-refractivity contribution in [1.82, 2.24) is 24.6 Å². The van der Waals surface area contributed by atoms with Crippen molar-refractivity contribution in [2.75, 3.05) is 24.5 Å². The molecule has 11 nitrogen and oxygen atoms in total. The molecule has 20 heteroatoms. The monoisotopic (exact) mass is 748 g/mol. The number of allylic oxidation sites excluding steroid dienone is 5. The highest BCUT2D eigenvalue weighted by molar-refractivity contribution is 7.93. The van der Waals surface area contributed by atoms with Gasteiger partial charge in [-0.05, 0) is 48.8 Å². The van der Waals surface area contributed by atoms with Crippen molar-refractivity contribution in [3.8, 4) is 5.75 Å². The lowest BCUT2D eigenvalue weighted by atomic mass is 10.1. The molecule has 0 bridgehead atoms. The van der Waals surface area contributed by atoms with Gasteiger partial charge in [-0.3, -0.25) is 4.79 Å². The fourth-order valence-electron chi connectivity index (χ4n) is 5.17. The predicted molar refractivity (Wildman–Crippen MR) is 166 cm³/mol. The molecule has 0 spiro atoms. The van der Waals surface area contributed by atoms with Crippen molar-refractivity contribution in [1.29, 1.82) is 0 Å². The molecule has 1 aromatic carbocycles. The molecule has 2 aliphatic carbocycles. The quantitative estimate of drug-likeness (QED) is 0.250. The van der Waals surface area contributed by atoms with E-state index < -0.39 is 52.4 Å². The van der Waals surface area contributed by atoms with E-state index in [-0.39, 0.29) is 43.4 Å². The number of fused-ring (bicyclic) bond motifs is 1. The Morgan fingerprint density at radius 2 is 1.78 bits per heavy atom. The smallest absolute Gasteiger partial charge is 0.428 e. The summed E-state index contributed by atoms with van der Waals surface area (Å²) in [4.78, 5) is 28.7. The number of alkyl halides is 7. The van der Waals surface area contributed by atoms with Gasteiger partial charge in [-0.25, -0.2) is 18.4 Å². The molecule has 50 heavy (non-hydrogen) atoms. The van der Waals surface area contributed by atoms with Crippen molar-refractivity contribution < 1.29 is 53.4 Å². The molecule has 1 N–H and O–H groups in total. The Labute approximate surface area is 284 Å². The summed E-state index contributed by atoms with van der Waals surface area (Å²) >= 11 is 1.26. The van der Waals surface area contributed by atoms with Crippen molar-refractivity contribution in [3.63, 3.8) is 0 Å². The first kappa shape index (κ1) is 35.5. The summed E-state index contributed by atoms with van der Waals surface area (Å²) in [7, 11) is -4.47. The van der Waals surface area contributed by atoms with Gasteiger partial charge in [0.1, 0.15) is 23.4 Å². The third-order valence-corrected chi connectivity index (χ3v) is 10.9. The van der Waals surface area contributed by atoms with Gasteiger partial charge in [0.15, 0.2) is 10.8 Å². The van der Waals surface area contributed by atoms with Crippen LogP contribution in [0.2, 0.25) is 0 Å². The van der Waals surface area contributed by atoms with Crippen LogP contribution in [0.1, 0.15) is 36.6 Å². The molecule has 2 fully saturated rings. The Hall–Kier alpha value is -4.30. The average Bonchev–Trinajstić information content (AvgIpc) is 3.86. The van der Waals surface area contributed by atoms with Crippen LogP contribution in [0, 0.1) is 0 Å². The van der Waals surface area contributed by atoms with Crippen LogP contribution in [0.25, 0.3) is 10.3 Å². The molecule has 1 atom stereocenters. The molecule has 6 rings (SSSR count). The summed E-state index contributed by atoms with van der Waals surface area (Å²) in [5, 5.41) is 3.10. The molecule has 268 valence electrons. The molecule has 1 amide bonds. The lowest BCUT2D eigenvalue weighted by molar-refractivity contribution is -0.279. The molecule has 3 aromatic rings. The predicted octanol–water partition coefficient (Wildman–Crippen LogP) is 5.60. The van der Waals surface area contributed by atoms with Crippen molar-refractivity contribution in [2.45, 2.75) is 56.7 Å². The highest BCUT2D eigenvalue weighted by atomic mass is 32.2. The van der Waals surface area contributed by atoms with Crippen molar-refractivity contribution in [2.24, 2.45) is 0 Å². The maximum Gasteiger partial charge on any atom is 0.573 e. The molecule has 0 unspecified atom stereocenters. The first-order valence-corrected chi connectivity index (χ1v) is 17.3. The number of hydrogen-bond acceptors (Lipinski definition) is 10. The molecular weight excluding hydrogens is 721 g/mol. The number of thiazole rings is 1. The minimum atomic E-state index is -4.89. The number of sulfonamides is 1. The van der Waals surface area contributed by atoms with Crippen LogP contribution in [0.3, 0.4) is 0 Å². The number of piperazine rings is 1. The van der Waals surface area contributed by atoms with Gasteiger partial charge < -0.3 is 19.7 Å². The molecule has 1 saturated carbocycles. The van der Waals surface area contributed by atoms with E-state index in [0.29, 0.717) is 26.9 Å². The summed E-state index contributed by atoms with van der Waals surface area (Å²) in [5.41, 5.74) is 0.856. The van der Waals surface area contributed by atoms with Crippen LogP contribution in [0.4, 0.5) is 35.9 Å². The van der Waals surface area contributed by atoms with E-state index in [0.717, 1.165) is 53.6 Å². The number of nitrogens with one attached hydrogen (secondary N) is 1. The molecule has 2 aromatic heterocycles. The van der Waals surface area contributed by atoms with Crippen LogP contribution >= 0.6 is 11.3 Å². The lowest BCUT2D eigenvalue weighted by Crippen LogP contribution is -2.60. The average molecular weight is 749 g/mol. The number of carbonyl (C=O) groups excluding carboxylic acids is 1. The van der Waals surface area contributed by atoms with Crippen molar-refractivity contribution >= 4 is 42.7 Å². The zero-order chi connectivity index (χ0) is 35.8. The summed E-state index contributed by atoms with van der Waals surface area (Å²) in [5.74, 6) is -0.941. The fourth-order valence-corrected chi connectivity index (χ4v) is 7.75. The SMILES string of the molecule is O=C(NCc1ccc(OC(F)(F)F)cc1)[C@H]1CN(c2nc3nc(C4CC4)ncc3s2)CCN1S(=O)(=O)C1=CC=C(OC(F)(F)C(F)F)C=CC1. The second-order valence-corrected chi connectivity index (χ2v) is 14.4. The number of benzene rings is 1. The zero-order valence-electron chi connectivity index (χ0n) is 25.6. The Balaban J connectivity index is 1.24. The fraction of sp³-hybridized carbons (Fsp3) is 0.400. The highest BCUT2D eigenvalue weighted by Gasteiger charge is 2.45. The van der Waals surface area contributed by atoms with Crippen LogP contribution in [0.15, 0.2) is 65.4 Å². The lowest BCUT2D eigenvalue weighted by Gasteiger charge is -2.39. The van der Waals surface area contributed by atoms with E-state index in [1.54, 1.807) is 11.1 Å². The maximum atomic E-state index is 14.0. The molecule has 0 radical (unpaired) electrons. The van der Waals surface area contributed by atoms with Gasteiger partial charge >= 0.3 is 18.9 Å². The molecule has 3 aliphatic rings. The number of rotatable bonds is 11. The summed E-state index contributed by atoms with van der Waals surface area (Å²) in [6, 6.07) is 3.36. The Bertz CT molecular complexity index is 1950. The van der Waals surface area contributed by atoms with Gasteiger partial charge in [-0.2, -0.15) is 26.9 Å². The first-order chi connectivity index (χ1) is 23.6.